The van der Waals surface area contributed by atoms with E-state index in [1.807, 2.05) is 18.2 Å². The molecule has 3 rings (SSSR count). The third-order valence-electron chi connectivity index (χ3n) is 6.00. The van der Waals surface area contributed by atoms with Crippen molar-refractivity contribution in [3.8, 4) is 11.5 Å². The number of ether oxygens (including phenoxy) is 2. The van der Waals surface area contributed by atoms with Crippen molar-refractivity contribution in [2.45, 2.75) is 44.6 Å². The van der Waals surface area contributed by atoms with Crippen LogP contribution >= 0.6 is 0 Å². The predicted octanol–water partition coefficient (Wildman–Crippen LogP) is 2.85. The standard InChI is InChI=1S/C22H34N2O4/c1-27-18-9-10-21(28-2)19(14-18)20(25)16-23-11-7-8-17(15-23)22(26)24-12-5-3-4-6-13-24/h9-10,14,17,20,25H,3-8,11-13,15-16H2,1-2H3/t17-,20-/m1/s1. The molecule has 1 N–H and O–H groups in total. The summed E-state index contributed by atoms with van der Waals surface area (Å²) in [5, 5.41) is 10.8. The van der Waals surface area contributed by atoms with Gasteiger partial charge in [0.05, 0.1) is 26.2 Å². The highest BCUT2D eigenvalue weighted by molar-refractivity contribution is 5.79. The number of nitrogens with zero attached hydrogens (tertiary/aromatic N) is 2. The number of carbonyl (C=O) groups is 1. The molecule has 2 heterocycles. The molecule has 0 aromatic heterocycles. The second-order valence-corrected chi connectivity index (χ2v) is 7.96. The molecule has 2 saturated heterocycles. The zero-order valence-corrected chi connectivity index (χ0v) is 17.2. The number of aliphatic hydroxyl groups excluding tert-OH is 1. The summed E-state index contributed by atoms with van der Waals surface area (Å²) in [7, 11) is 3.22. The molecule has 1 aromatic carbocycles. The molecule has 2 atom stereocenters. The van der Waals surface area contributed by atoms with Crippen LogP contribution in [0.25, 0.3) is 0 Å². The van der Waals surface area contributed by atoms with Crippen molar-refractivity contribution in [3.63, 3.8) is 0 Å². The maximum Gasteiger partial charge on any atom is 0.226 e. The molecule has 2 aliphatic rings. The second-order valence-electron chi connectivity index (χ2n) is 7.96. The lowest BCUT2D eigenvalue weighted by atomic mass is 9.95. The quantitative estimate of drug-likeness (QED) is 0.809. The van der Waals surface area contributed by atoms with E-state index in [4.69, 9.17) is 9.47 Å². The molecular formula is C22H34N2O4. The van der Waals surface area contributed by atoms with Gasteiger partial charge in [0.1, 0.15) is 11.5 Å². The van der Waals surface area contributed by atoms with E-state index in [1.54, 1.807) is 14.2 Å². The minimum absolute atomic E-state index is 0.0475. The first kappa shape index (κ1) is 20.9. The van der Waals surface area contributed by atoms with E-state index in [9.17, 15) is 9.90 Å². The van der Waals surface area contributed by atoms with Gasteiger partial charge in [-0.1, -0.05) is 12.8 Å². The van der Waals surface area contributed by atoms with Gasteiger partial charge in [-0.25, -0.2) is 0 Å². The van der Waals surface area contributed by atoms with Gasteiger partial charge in [0.15, 0.2) is 0 Å². The lowest BCUT2D eigenvalue weighted by molar-refractivity contribution is -0.137. The first-order valence-corrected chi connectivity index (χ1v) is 10.5. The van der Waals surface area contributed by atoms with E-state index < -0.39 is 6.10 Å². The summed E-state index contributed by atoms with van der Waals surface area (Å²) in [5.74, 6) is 1.71. The van der Waals surface area contributed by atoms with Crippen molar-refractivity contribution >= 4 is 5.91 Å². The topological polar surface area (TPSA) is 62.2 Å². The van der Waals surface area contributed by atoms with Gasteiger partial charge in [-0.3, -0.25) is 9.69 Å². The van der Waals surface area contributed by atoms with Crippen molar-refractivity contribution < 1.29 is 19.4 Å². The normalized spacial score (nSPS) is 22.4. The number of likely N-dealkylation sites (tertiary alicyclic amines) is 2. The van der Waals surface area contributed by atoms with E-state index in [0.29, 0.717) is 24.0 Å². The van der Waals surface area contributed by atoms with Crippen molar-refractivity contribution in [2.24, 2.45) is 5.92 Å². The lowest BCUT2D eigenvalue weighted by Gasteiger charge is -2.35. The highest BCUT2D eigenvalue weighted by atomic mass is 16.5. The fourth-order valence-electron chi connectivity index (χ4n) is 4.41. The highest BCUT2D eigenvalue weighted by Crippen LogP contribution is 2.31. The van der Waals surface area contributed by atoms with Crippen LogP contribution in [-0.2, 0) is 4.79 Å². The summed E-state index contributed by atoms with van der Waals surface area (Å²) < 4.78 is 10.7. The molecule has 2 aliphatic heterocycles. The van der Waals surface area contributed by atoms with Gasteiger partial charge in [-0.15, -0.1) is 0 Å². The Bertz CT molecular complexity index is 643. The Morgan fingerprint density at radius 2 is 1.86 bits per heavy atom. The van der Waals surface area contributed by atoms with E-state index in [1.165, 1.54) is 12.8 Å². The van der Waals surface area contributed by atoms with Crippen LogP contribution in [0.2, 0.25) is 0 Å². The average Bonchev–Trinajstić information content (AvgIpc) is 3.02. The van der Waals surface area contributed by atoms with Crippen LogP contribution in [0.4, 0.5) is 0 Å². The molecule has 1 aromatic rings. The number of piperidine rings is 1. The summed E-state index contributed by atoms with van der Waals surface area (Å²) in [6, 6.07) is 5.47. The smallest absolute Gasteiger partial charge is 0.226 e. The number of β-amino-alcohol motifs (C(OH)–C–C–N with tert-alkyl or cyclic N) is 1. The van der Waals surface area contributed by atoms with Gasteiger partial charge in [0.2, 0.25) is 5.91 Å². The van der Waals surface area contributed by atoms with Gasteiger partial charge in [0, 0.05) is 31.7 Å². The fourth-order valence-corrected chi connectivity index (χ4v) is 4.41. The number of hydrogen-bond donors (Lipinski definition) is 1. The number of carbonyl (C=O) groups excluding carboxylic acids is 1. The van der Waals surface area contributed by atoms with E-state index >= 15 is 0 Å². The van der Waals surface area contributed by atoms with Gasteiger partial charge >= 0.3 is 0 Å². The second kappa shape index (κ2) is 10.1. The number of methoxy groups -OCH3 is 2. The molecule has 6 nitrogen and oxygen atoms in total. The molecule has 0 bridgehead atoms. The Hall–Kier alpha value is -1.79. The molecule has 0 saturated carbocycles. The Balaban J connectivity index is 1.62. The van der Waals surface area contributed by atoms with E-state index in [-0.39, 0.29) is 5.92 Å². The number of amides is 1. The zero-order valence-electron chi connectivity index (χ0n) is 17.2. The van der Waals surface area contributed by atoms with Crippen LogP contribution in [0, 0.1) is 5.92 Å². The monoisotopic (exact) mass is 390 g/mol. The van der Waals surface area contributed by atoms with Gasteiger partial charge in [-0.2, -0.15) is 0 Å². The molecule has 0 spiro atoms. The van der Waals surface area contributed by atoms with Gasteiger partial charge in [0.25, 0.3) is 0 Å². The summed E-state index contributed by atoms with van der Waals surface area (Å²) in [4.78, 5) is 17.3. The third kappa shape index (κ3) is 5.17. The maximum absolute atomic E-state index is 13.0. The molecule has 6 heteroatoms. The number of hydrogen-bond acceptors (Lipinski definition) is 5. The Labute approximate surface area is 168 Å². The summed E-state index contributed by atoms with van der Waals surface area (Å²) >= 11 is 0. The Morgan fingerprint density at radius 3 is 2.54 bits per heavy atom. The number of rotatable bonds is 6. The maximum atomic E-state index is 13.0. The summed E-state index contributed by atoms with van der Waals surface area (Å²) in [6.07, 6.45) is 5.96. The summed E-state index contributed by atoms with van der Waals surface area (Å²) in [6.45, 7) is 3.93. The van der Waals surface area contributed by atoms with Gasteiger partial charge in [-0.05, 0) is 50.4 Å². The Morgan fingerprint density at radius 1 is 1.11 bits per heavy atom. The van der Waals surface area contributed by atoms with Crippen LogP contribution in [0.5, 0.6) is 11.5 Å². The third-order valence-corrected chi connectivity index (χ3v) is 6.00. The first-order valence-electron chi connectivity index (χ1n) is 10.5. The minimum Gasteiger partial charge on any atom is -0.497 e. The molecule has 0 unspecified atom stereocenters. The van der Waals surface area contributed by atoms with Gasteiger partial charge < -0.3 is 19.5 Å². The largest absolute Gasteiger partial charge is 0.497 e. The molecule has 156 valence electrons. The lowest BCUT2D eigenvalue weighted by Crippen LogP contribution is -2.46. The van der Waals surface area contributed by atoms with E-state index in [2.05, 4.69) is 9.80 Å². The average molecular weight is 391 g/mol. The zero-order chi connectivity index (χ0) is 19.9. The number of aliphatic hydroxyl groups is 1. The highest BCUT2D eigenvalue weighted by Gasteiger charge is 2.30. The van der Waals surface area contributed by atoms with Crippen LogP contribution < -0.4 is 9.47 Å². The molecule has 1 amide bonds. The SMILES string of the molecule is COc1ccc(OC)c([C@H](O)CN2CCC[C@@H](C(=O)N3CCCCCC3)C2)c1. The summed E-state index contributed by atoms with van der Waals surface area (Å²) in [5.41, 5.74) is 0.725. The van der Waals surface area contributed by atoms with Crippen molar-refractivity contribution in [1.29, 1.82) is 0 Å². The van der Waals surface area contributed by atoms with Crippen molar-refractivity contribution in [2.75, 3.05) is 46.9 Å². The van der Waals surface area contributed by atoms with Crippen LogP contribution in [0.3, 0.4) is 0 Å². The number of benzene rings is 1. The Kier molecular flexibility index (Phi) is 7.57. The van der Waals surface area contributed by atoms with Crippen LogP contribution in [0.1, 0.15) is 50.2 Å². The van der Waals surface area contributed by atoms with Crippen LogP contribution in [0.15, 0.2) is 18.2 Å². The predicted molar refractivity (Wildman–Crippen MR) is 109 cm³/mol. The van der Waals surface area contributed by atoms with Crippen molar-refractivity contribution in [3.05, 3.63) is 23.8 Å². The molecule has 28 heavy (non-hydrogen) atoms. The first-order chi connectivity index (χ1) is 13.6. The van der Waals surface area contributed by atoms with Crippen LogP contribution in [-0.4, -0.2) is 67.8 Å². The molecule has 2 fully saturated rings. The fraction of sp³-hybridized carbons (Fsp3) is 0.682. The molecule has 0 radical (unpaired) electrons. The van der Waals surface area contributed by atoms with Crippen molar-refractivity contribution in [1.82, 2.24) is 9.80 Å². The minimum atomic E-state index is -0.683. The molecular weight excluding hydrogens is 356 g/mol. The van der Waals surface area contributed by atoms with E-state index in [0.717, 1.165) is 57.4 Å². The molecule has 0 aliphatic carbocycles.